The van der Waals surface area contributed by atoms with Gasteiger partial charge in [0.15, 0.2) is 0 Å². The highest BCUT2D eigenvalue weighted by Crippen LogP contribution is 2.34. The van der Waals surface area contributed by atoms with Crippen molar-refractivity contribution in [1.29, 1.82) is 0 Å². The van der Waals surface area contributed by atoms with E-state index in [0.717, 1.165) is 6.42 Å². The maximum absolute atomic E-state index is 10.7. The molecule has 1 N–H and O–H groups in total. The number of benzene rings is 1. The van der Waals surface area contributed by atoms with Crippen LogP contribution in [0.4, 0.5) is 0 Å². The molecule has 1 aliphatic carbocycles. The summed E-state index contributed by atoms with van der Waals surface area (Å²) >= 11 is 0. The van der Waals surface area contributed by atoms with Gasteiger partial charge in [0.05, 0.1) is 5.60 Å². The predicted octanol–water partition coefficient (Wildman–Crippen LogP) is 3.87. The van der Waals surface area contributed by atoms with Crippen molar-refractivity contribution in [3.8, 4) is 0 Å². The third kappa shape index (κ3) is 3.32. The number of rotatable bonds is 3. The Kier molecular flexibility index (Phi) is 3.88. The molecule has 1 unspecified atom stereocenters. The number of hydrogen-bond acceptors (Lipinski definition) is 1. The first-order valence-corrected chi connectivity index (χ1v) is 6.86. The van der Waals surface area contributed by atoms with Crippen LogP contribution in [-0.2, 0) is 6.42 Å². The summed E-state index contributed by atoms with van der Waals surface area (Å²) in [4.78, 5) is 0. The van der Waals surface area contributed by atoms with E-state index in [9.17, 15) is 5.11 Å². The zero-order valence-corrected chi connectivity index (χ0v) is 11.1. The number of hydrogen-bond donors (Lipinski definition) is 1. The normalized spacial score (nSPS) is 21.1. The zero-order valence-electron chi connectivity index (χ0n) is 11.1. The average molecular weight is 232 g/mol. The lowest BCUT2D eigenvalue weighted by molar-refractivity contribution is -0.0159. The molecular formula is C16H24O. The summed E-state index contributed by atoms with van der Waals surface area (Å²) < 4.78 is 0. The smallest absolute Gasteiger partial charge is 0.0687 e. The van der Waals surface area contributed by atoms with Gasteiger partial charge < -0.3 is 5.11 Å². The fourth-order valence-corrected chi connectivity index (χ4v) is 3.10. The lowest BCUT2D eigenvalue weighted by Crippen LogP contribution is -2.38. The number of aryl methyl sites for hydroxylation is 1. The molecule has 94 valence electrons. The number of aliphatic hydroxyl groups is 1. The molecule has 1 heteroatoms. The fourth-order valence-electron chi connectivity index (χ4n) is 3.10. The van der Waals surface area contributed by atoms with E-state index in [1.807, 2.05) is 6.92 Å². The van der Waals surface area contributed by atoms with E-state index in [0.29, 0.717) is 5.92 Å². The van der Waals surface area contributed by atoms with Crippen LogP contribution in [0.2, 0.25) is 0 Å². The molecule has 1 aromatic rings. The van der Waals surface area contributed by atoms with Gasteiger partial charge in [-0.05, 0) is 38.2 Å². The second kappa shape index (κ2) is 5.22. The maximum Gasteiger partial charge on any atom is 0.0687 e. The van der Waals surface area contributed by atoms with Crippen LogP contribution >= 0.6 is 0 Å². The quantitative estimate of drug-likeness (QED) is 0.838. The highest BCUT2D eigenvalue weighted by Gasteiger charge is 2.32. The summed E-state index contributed by atoms with van der Waals surface area (Å²) in [6.45, 7) is 4.13. The lowest BCUT2D eigenvalue weighted by Gasteiger charge is -2.35. The van der Waals surface area contributed by atoms with Crippen molar-refractivity contribution < 1.29 is 5.11 Å². The summed E-state index contributed by atoms with van der Waals surface area (Å²) in [7, 11) is 0. The molecular weight excluding hydrogens is 208 g/mol. The highest BCUT2D eigenvalue weighted by atomic mass is 16.3. The van der Waals surface area contributed by atoms with Crippen LogP contribution in [-0.4, -0.2) is 10.7 Å². The Balaban J connectivity index is 2.05. The van der Waals surface area contributed by atoms with E-state index in [2.05, 4.69) is 31.2 Å². The van der Waals surface area contributed by atoms with Crippen LogP contribution in [0.15, 0.2) is 24.3 Å². The molecule has 1 fully saturated rings. The van der Waals surface area contributed by atoms with Crippen molar-refractivity contribution >= 4 is 0 Å². The van der Waals surface area contributed by atoms with Gasteiger partial charge in [0, 0.05) is 6.42 Å². The van der Waals surface area contributed by atoms with Crippen LogP contribution in [0, 0.1) is 12.8 Å². The van der Waals surface area contributed by atoms with Crippen LogP contribution in [0.3, 0.4) is 0 Å². The monoisotopic (exact) mass is 232 g/mol. The Labute approximate surface area is 105 Å². The first-order valence-electron chi connectivity index (χ1n) is 6.86. The van der Waals surface area contributed by atoms with Crippen LogP contribution < -0.4 is 0 Å². The topological polar surface area (TPSA) is 20.2 Å². The zero-order chi connectivity index (χ0) is 12.3. The Morgan fingerprint density at radius 3 is 2.59 bits per heavy atom. The van der Waals surface area contributed by atoms with Gasteiger partial charge in [-0.2, -0.15) is 0 Å². The molecule has 17 heavy (non-hydrogen) atoms. The Hall–Kier alpha value is -0.820. The molecule has 1 nitrogen and oxygen atoms in total. The minimum absolute atomic E-state index is 0.483. The summed E-state index contributed by atoms with van der Waals surface area (Å²) in [6.07, 6.45) is 7.09. The molecule has 1 saturated carbocycles. The lowest BCUT2D eigenvalue weighted by atomic mass is 9.75. The van der Waals surface area contributed by atoms with Crippen LogP contribution in [0.5, 0.6) is 0 Å². The van der Waals surface area contributed by atoms with Gasteiger partial charge >= 0.3 is 0 Å². The van der Waals surface area contributed by atoms with Gasteiger partial charge in [0.2, 0.25) is 0 Å². The second-order valence-corrected chi connectivity index (χ2v) is 5.86. The molecule has 2 rings (SSSR count). The van der Waals surface area contributed by atoms with Gasteiger partial charge in [0.25, 0.3) is 0 Å². The van der Waals surface area contributed by atoms with Crippen molar-refractivity contribution in [2.45, 2.75) is 58.0 Å². The molecule has 0 aliphatic heterocycles. The van der Waals surface area contributed by atoms with Crippen LogP contribution in [0.25, 0.3) is 0 Å². The van der Waals surface area contributed by atoms with Crippen molar-refractivity contribution in [3.05, 3.63) is 35.4 Å². The molecule has 1 atom stereocenters. The SMILES string of the molecule is Cc1cccc(CC(C)(O)C2CCCCC2)c1. The summed E-state index contributed by atoms with van der Waals surface area (Å²) in [5.41, 5.74) is 2.01. The Morgan fingerprint density at radius 2 is 1.94 bits per heavy atom. The molecule has 0 aromatic heterocycles. The fraction of sp³-hybridized carbons (Fsp3) is 0.625. The first kappa shape index (κ1) is 12.6. The van der Waals surface area contributed by atoms with Crippen molar-refractivity contribution in [2.24, 2.45) is 5.92 Å². The van der Waals surface area contributed by atoms with Gasteiger partial charge in [-0.1, -0.05) is 49.1 Å². The summed E-state index contributed by atoms with van der Waals surface area (Å²) in [5, 5.41) is 10.7. The largest absolute Gasteiger partial charge is 0.390 e. The third-order valence-corrected chi connectivity index (χ3v) is 4.13. The highest BCUT2D eigenvalue weighted by molar-refractivity contribution is 5.23. The average Bonchev–Trinajstić information content (AvgIpc) is 2.29. The minimum atomic E-state index is -0.534. The third-order valence-electron chi connectivity index (χ3n) is 4.13. The Bertz CT molecular complexity index is 362. The summed E-state index contributed by atoms with van der Waals surface area (Å²) in [5.74, 6) is 0.483. The predicted molar refractivity (Wildman–Crippen MR) is 72.1 cm³/mol. The van der Waals surface area contributed by atoms with Gasteiger partial charge in [-0.15, -0.1) is 0 Å². The van der Waals surface area contributed by atoms with Gasteiger partial charge in [-0.3, -0.25) is 0 Å². The van der Waals surface area contributed by atoms with Crippen molar-refractivity contribution in [2.75, 3.05) is 0 Å². The first-order chi connectivity index (χ1) is 8.08. The van der Waals surface area contributed by atoms with Gasteiger partial charge in [-0.25, -0.2) is 0 Å². The molecule has 0 spiro atoms. The molecule has 0 heterocycles. The van der Waals surface area contributed by atoms with Crippen molar-refractivity contribution in [1.82, 2.24) is 0 Å². The minimum Gasteiger partial charge on any atom is -0.390 e. The molecule has 1 aliphatic rings. The van der Waals surface area contributed by atoms with E-state index in [1.165, 1.54) is 43.2 Å². The van der Waals surface area contributed by atoms with Gasteiger partial charge in [0.1, 0.15) is 0 Å². The second-order valence-electron chi connectivity index (χ2n) is 5.86. The van der Waals surface area contributed by atoms with E-state index in [1.54, 1.807) is 0 Å². The maximum atomic E-state index is 10.7. The van der Waals surface area contributed by atoms with Crippen LogP contribution in [0.1, 0.15) is 50.2 Å². The summed E-state index contributed by atoms with van der Waals surface area (Å²) in [6, 6.07) is 8.52. The molecule has 0 saturated heterocycles. The molecule has 1 aromatic carbocycles. The van der Waals surface area contributed by atoms with E-state index < -0.39 is 5.60 Å². The standard InChI is InChI=1S/C16H24O/c1-13-7-6-8-14(11-13)12-16(2,17)15-9-4-3-5-10-15/h6-8,11,15,17H,3-5,9-10,12H2,1-2H3. The van der Waals surface area contributed by atoms with E-state index in [-0.39, 0.29) is 0 Å². The van der Waals surface area contributed by atoms with E-state index >= 15 is 0 Å². The molecule has 0 amide bonds. The van der Waals surface area contributed by atoms with Crippen molar-refractivity contribution in [3.63, 3.8) is 0 Å². The molecule has 0 radical (unpaired) electrons. The van der Waals surface area contributed by atoms with E-state index in [4.69, 9.17) is 0 Å². The Morgan fingerprint density at radius 1 is 1.24 bits per heavy atom. The molecule has 0 bridgehead atoms.